The second kappa shape index (κ2) is 18.6. The smallest absolute Gasteiger partial charge is 0.123 e. The Bertz CT molecular complexity index is 3800. The molecule has 0 bridgehead atoms. The zero-order chi connectivity index (χ0) is 50.5. The van der Waals surface area contributed by atoms with Gasteiger partial charge in [-0.25, -0.2) is 17.6 Å². The molecular formula is C66H38F4N4. The Morgan fingerprint density at radius 3 is 0.905 bits per heavy atom. The van der Waals surface area contributed by atoms with Gasteiger partial charge in [0, 0.05) is 33.5 Å². The molecule has 0 aliphatic rings. The first-order valence-electron chi connectivity index (χ1n) is 23.8. The molecule has 0 radical (unpaired) electrons. The molecule has 0 fully saturated rings. The van der Waals surface area contributed by atoms with E-state index in [0.29, 0.717) is 11.1 Å². The number of rotatable bonds is 10. The Balaban J connectivity index is 1.11. The molecule has 0 aliphatic carbocycles. The van der Waals surface area contributed by atoms with Gasteiger partial charge in [0.1, 0.15) is 23.3 Å². The van der Waals surface area contributed by atoms with E-state index in [1.807, 2.05) is 72.8 Å². The fourth-order valence-corrected chi connectivity index (χ4v) is 10.2. The van der Waals surface area contributed by atoms with Crippen LogP contribution in [0, 0.1) is 45.9 Å². The molecule has 12 aromatic rings. The molecule has 12 aromatic carbocycles. The van der Waals surface area contributed by atoms with Crippen LogP contribution in [0.15, 0.2) is 231 Å². The second-order valence-electron chi connectivity index (χ2n) is 18.2. The molecular weight excluding hydrogens is 925 g/mol. The summed E-state index contributed by atoms with van der Waals surface area (Å²) in [6.45, 7) is 0. The monoisotopic (exact) mass is 962 g/mol. The summed E-state index contributed by atoms with van der Waals surface area (Å²) in [5.74, 6) is -1.44. The van der Waals surface area contributed by atoms with E-state index in [-0.39, 0.29) is 23.3 Å². The topological polar surface area (TPSA) is 54.1 Å². The number of nitrogens with zero attached hydrogens (tertiary/aromatic N) is 4. The minimum Gasteiger partial charge on any atom is -0.310 e. The zero-order valence-electron chi connectivity index (χ0n) is 39.2. The molecule has 0 amide bonds. The number of halogens is 4. The van der Waals surface area contributed by atoms with E-state index >= 15 is 0 Å². The number of hydrogen-bond acceptors (Lipinski definition) is 4. The molecule has 0 heterocycles. The van der Waals surface area contributed by atoms with Crippen molar-refractivity contribution in [3.63, 3.8) is 0 Å². The van der Waals surface area contributed by atoms with Gasteiger partial charge in [-0.3, -0.25) is 0 Å². The van der Waals surface area contributed by atoms with Crippen LogP contribution in [0.4, 0.5) is 51.7 Å². The first-order chi connectivity index (χ1) is 36.2. The highest BCUT2D eigenvalue weighted by Gasteiger charge is 2.24. The number of anilines is 6. The van der Waals surface area contributed by atoms with E-state index in [0.717, 1.165) is 111 Å². The summed E-state index contributed by atoms with van der Waals surface area (Å²) in [6.07, 6.45) is 0. The summed E-state index contributed by atoms with van der Waals surface area (Å²) in [6, 6.07) is 73.9. The first kappa shape index (κ1) is 45.1. The number of nitriles is 2. The van der Waals surface area contributed by atoms with Crippen molar-refractivity contribution in [1.29, 1.82) is 10.5 Å². The molecule has 0 atom stereocenters. The average molecular weight is 963 g/mol. The zero-order valence-corrected chi connectivity index (χ0v) is 39.2. The quantitative estimate of drug-likeness (QED) is 0.101. The van der Waals surface area contributed by atoms with Gasteiger partial charge in [0.2, 0.25) is 0 Å². The van der Waals surface area contributed by atoms with Crippen molar-refractivity contribution >= 4 is 66.4 Å². The van der Waals surface area contributed by atoms with Gasteiger partial charge in [-0.1, -0.05) is 97.1 Å². The third-order valence-corrected chi connectivity index (χ3v) is 13.6. The van der Waals surface area contributed by atoms with Gasteiger partial charge in [-0.2, -0.15) is 10.5 Å². The predicted molar refractivity (Wildman–Crippen MR) is 291 cm³/mol. The van der Waals surface area contributed by atoms with Gasteiger partial charge in [0.25, 0.3) is 0 Å². The lowest BCUT2D eigenvalue weighted by atomic mass is 9.91. The van der Waals surface area contributed by atoms with E-state index in [9.17, 15) is 28.1 Å². The van der Waals surface area contributed by atoms with Gasteiger partial charge < -0.3 is 9.80 Å². The molecule has 0 aliphatic heterocycles. The summed E-state index contributed by atoms with van der Waals surface area (Å²) >= 11 is 0. The highest BCUT2D eigenvalue weighted by atomic mass is 19.1. The standard InChI is InChI=1S/C66H38F4N4/c67-53-19-7-43(8-20-53)49-33-50(44-9-21-54(68)22-10-44)36-59(35-49)73(57-5-1-3-41(31-57)39-71)63-29-17-47-16-28-62-64(30-18-48-15-27-61(63)65(47)66(48)62)74(58-6-2-4-42(32-58)40-72)60-37-51(45-11-23-55(69)24-12-45)34-52(38-60)46-13-25-56(70)26-14-46/h1-38H. The summed E-state index contributed by atoms with van der Waals surface area (Å²) < 4.78 is 57.5. The van der Waals surface area contributed by atoms with Crippen molar-refractivity contribution in [1.82, 2.24) is 0 Å². The van der Waals surface area contributed by atoms with Crippen LogP contribution in [-0.4, -0.2) is 0 Å². The third kappa shape index (κ3) is 8.37. The molecule has 0 unspecified atom stereocenters. The number of hydrogen-bond donors (Lipinski definition) is 0. The van der Waals surface area contributed by atoms with Gasteiger partial charge in [0.05, 0.1) is 34.6 Å². The van der Waals surface area contributed by atoms with Crippen LogP contribution in [0.5, 0.6) is 0 Å². The van der Waals surface area contributed by atoms with E-state index in [4.69, 9.17) is 0 Å². The Labute approximate surface area is 424 Å². The van der Waals surface area contributed by atoms with Gasteiger partial charge in [-0.05, 0) is 200 Å². The number of benzene rings is 12. The summed E-state index contributed by atoms with van der Waals surface area (Å²) in [7, 11) is 0. The highest BCUT2D eigenvalue weighted by molar-refractivity contribution is 6.28. The SMILES string of the molecule is N#Cc1cccc(N(c2cc(-c3ccc(F)cc3)cc(-c3ccc(F)cc3)c2)c2ccc3ccc4c(N(c5cccc(C#N)c5)c5cc(-c6ccc(F)cc6)cc(-c6ccc(F)cc6)c5)ccc5ccc2c3c54)c1. The van der Waals surface area contributed by atoms with E-state index in [1.165, 1.54) is 48.5 Å². The average Bonchev–Trinajstić information content (AvgIpc) is 3.45. The molecule has 0 saturated heterocycles. The Kier molecular flexibility index (Phi) is 11.4. The van der Waals surface area contributed by atoms with Gasteiger partial charge >= 0.3 is 0 Å². The molecule has 0 aromatic heterocycles. The maximum atomic E-state index is 14.4. The normalized spacial score (nSPS) is 11.2. The van der Waals surface area contributed by atoms with Crippen molar-refractivity contribution in [3.8, 4) is 56.6 Å². The van der Waals surface area contributed by atoms with E-state index in [2.05, 4.69) is 70.5 Å². The largest absolute Gasteiger partial charge is 0.310 e. The van der Waals surface area contributed by atoms with Crippen molar-refractivity contribution in [2.24, 2.45) is 0 Å². The van der Waals surface area contributed by atoms with Gasteiger partial charge in [0.15, 0.2) is 0 Å². The summed E-state index contributed by atoms with van der Waals surface area (Å²) in [5, 5.41) is 26.3. The van der Waals surface area contributed by atoms with Crippen molar-refractivity contribution in [2.75, 3.05) is 9.80 Å². The minimum absolute atomic E-state index is 0.359. The molecule has 8 heteroatoms. The molecule has 0 N–H and O–H groups in total. The van der Waals surface area contributed by atoms with Crippen molar-refractivity contribution in [3.05, 3.63) is 265 Å². The summed E-state index contributed by atoms with van der Waals surface area (Å²) in [4.78, 5) is 4.26. The lowest BCUT2D eigenvalue weighted by Gasteiger charge is -2.30. The second-order valence-corrected chi connectivity index (χ2v) is 18.2. The highest BCUT2D eigenvalue weighted by Crippen LogP contribution is 2.49. The molecule has 12 rings (SSSR count). The molecule has 74 heavy (non-hydrogen) atoms. The molecule has 0 saturated carbocycles. The fourth-order valence-electron chi connectivity index (χ4n) is 10.2. The Morgan fingerprint density at radius 2 is 0.595 bits per heavy atom. The third-order valence-electron chi connectivity index (χ3n) is 13.6. The lowest BCUT2D eigenvalue weighted by molar-refractivity contribution is 0.627. The van der Waals surface area contributed by atoms with Crippen LogP contribution in [0.2, 0.25) is 0 Å². The van der Waals surface area contributed by atoms with Crippen molar-refractivity contribution < 1.29 is 17.6 Å². The van der Waals surface area contributed by atoms with Crippen LogP contribution < -0.4 is 9.80 Å². The fraction of sp³-hybridized carbons (Fsp3) is 0. The lowest BCUT2D eigenvalue weighted by Crippen LogP contribution is -2.12. The minimum atomic E-state index is -0.359. The first-order valence-corrected chi connectivity index (χ1v) is 23.8. The molecule has 0 spiro atoms. The van der Waals surface area contributed by atoms with Crippen LogP contribution in [0.3, 0.4) is 0 Å². The van der Waals surface area contributed by atoms with Crippen LogP contribution in [0.25, 0.3) is 76.8 Å². The van der Waals surface area contributed by atoms with Gasteiger partial charge in [-0.15, -0.1) is 0 Å². The van der Waals surface area contributed by atoms with Crippen LogP contribution in [-0.2, 0) is 0 Å². The predicted octanol–water partition coefficient (Wildman–Crippen LogP) is 18.5. The van der Waals surface area contributed by atoms with Crippen molar-refractivity contribution in [2.45, 2.75) is 0 Å². The Morgan fingerprint density at radius 1 is 0.284 bits per heavy atom. The maximum Gasteiger partial charge on any atom is 0.123 e. The van der Waals surface area contributed by atoms with Crippen LogP contribution >= 0.6 is 0 Å². The molecule has 4 nitrogen and oxygen atoms in total. The van der Waals surface area contributed by atoms with E-state index < -0.39 is 0 Å². The Hall–Kier alpha value is -10.0. The van der Waals surface area contributed by atoms with Crippen LogP contribution in [0.1, 0.15) is 11.1 Å². The maximum absolute atomic E-state index is 14.4. The van der Waals surface area contributed by atoms with E-state index in [1.54, 1.807) is 60.7 Å². The molecule has 350 valence electrons. The summed E-state index contributed by atoms with van der Waals surface area (Å²) in [5.41, 5.74) is 11.9.